The van der Waals surface area contributed by atoms with E-state index in [-0.39, 0.29) is 6.61 Å². The summed E-state index contributed by atoms with van der Waals surface area (Å²) < 4.78 is 12.8. The Balaban J connectivity index is 2.13. The molecule has 0 unspecified atom stereocenters. The van der Waals surface area contributed by atoms with Crippen molar-refractivity contribution in [3.63, 3.8) is 0 Å². The van der Waals surface area contributed by atoms with Crippen molar-refractivity contribution in [2.75, 3.05) is 19.8 Å². The van der Waals surface area contributed by atoms with Crippen molar-refractivity contribution < 1.29 is 19.9 Å². The normalized spacial score (nSPS) is 10.6. The first-order valence-electron chi connectivity index (χ1n) is 7.79. The van der Waals surface area contributed by atoms with Crippen LogP contribution >= 0.6 is 22.6 Å². The van der Waals surface area contributed by atoms with Gasteiger partial charge in [-0.05, 0) is 47.2 Å². The number of aliphatic hydroxyl groups excluding tert-OH is 1. The van der Waals surface area contributed by atoms with Crippen LogP contribution in [0.1, 0.15) is 18.1 Å². The van der Waals surface area contributed by atoms with Gasteiger partial charge in [0, 0.05) is 5.56 Å². The zero-order valence-electron chi connectivity index (χ0n) is 13.3. The van der Waals surface area contributed by atoms with Crippen LogP contribution in [0.15, 0.2) is 42.5 Å². The topological polar surface area (TPSA) is 55.3 Å². The molecule has 0 aliphatic carbocycles. The lowest BCUT2D eigenvalue weighted by Crippen LogP contribution is -2.83. The Hall–Kier alpha value is -1.31. The van der Waals surface area contributed by atoms with Gasteiger partial charge in [0.25, 0.3) is 0 Å². The molecule has 0 fully saturated rings. The van der Waals surface area contributed by atoms with E-state index in [1.165, 1.54) is 5.56 Å². The monoisotopic (exact) mass is 428 g/mol. The molecule has 4 nitrogen and oxygen atoms in total. The first-order chi connectivity index (χ1) is 11.2. The number of halogens is 1. The van der Waals surface area contributed by atoms with Crippen LogP contribution < -0.4 is 14.8 Å². The van der Waals surface area contributed by atoms with E-state index in [0.29, 0.717) is 19.8 Å². The largest absolute Gasteiger partial charge is 0.490 e. The van der Waals surface area contributed by atoms with Crippen LogP contribution in [0.5, 0.6) is 11.5 Å². The van der Waals surface area contributed by atoms with E-state index in [9.17, 15) is 0 Å². The van der Waals surface area contributed by atoms with Crippen LogP contribution in [0.4, 0.5) is 0 Å². The van der Waals surface area contributed by atoms with Gasteiger partial charge in [0.1, 0.15) is 13.2 Å². The molecule has 2 aromatic rings. The molecule has 0 amide bonds. The third-order valence-electron chi connectivity index (χ3n) is 3.31. The summed E-state index contributed by atoms with van der Waals surface area (Å²) in [5.41, 5.74) is 2.30. The molecule has 0 radical (unpaired) electrons. The van der Waals surface area contributed by atoms with Crippen LogP contribution in [0.2, 0.25) is 0 Å². The number of ether oxygens (including phenoxy) is 2. The number of hydrogen-bond acceptors (Lipinski definition) is 3. The van der Waals surface area contributed by atoms with Crippen molar-refractivity contribution in [3.05, 3.63) is 57.2 Å². The van der Waals surface area contributed by atoms with E-state index in [2.05, 4.69) is 34.0 Å². The van der Waals surface area contributed by atoms with E-state index in [0.717, 1.165) is 27.2 Å². The molecule has 3 N–H and O–H groups in total. The minimum Gasteiger partial charge on any atom is -0.490 e. The van der Waals surface area contributed by atoms with Crippen molar-refractivity contribution in [1.82, 2.24) is 0 Å². The lowest BCUT2D eigenvalue weighted by molar-refractivity contribution is -0.671. The fourth-order valence-corrected chi connectivity index (χ4v) is 3.05. The molecule has 0 aliphatic rings. The fraction of sp³-hybridized carbons (Fsp3) is 0.333. The second kappa shape index (κ2) is 9.75. The zero-order chi connectivity index (χ0) is 16.5. The summed E-state index contributed by atoms with van der Waals surface area (Å²) >= 11 is 2.29. The number of hydrogen-bond donors (Lipinski definition) is 2. The van der Waals surface area contributed by atoms with Gasteiger partial charge in [-0.25, -0.2) is 0 Å². The van der Waals surface area contributed by atoms with Crippen LogP contribution in [0, 0.1) is 3.57 Å². The molecule has 0 heterocycles. The molecule has 5 heteroatoms. The third kappa shape index (κ3) is 5.67. The summed E-state index contributed by atoms with van der Waals surface area (Å²) in [6.45, 7) is 4.79. The molecular formula is C18H23INO3+. The average molecular weight is 428 g/mol. The Morgan fingerprint density at radius 3 is 2.57 bits per heavy atom. The van der Waals surface area contributed by atoms with Gasteiger partial charge < -0.3 is 19.9 Å². The van der Waals surface area contributed by atoms with Gasteiger partial charge in [0.2, 0.25) is 0 Å². The predicted octanol–water partition coefficient (Wildman–Crippen LogP) is 2.32. The Morgan fingerprint density at radius 1 is 1.09 bits per heavy atom. The minimum absolute atomic E-state index is 0.188. The molecule has 0 spiro atoms. The van der Waals surface area contributed by atoms with Crippen molar-refractivity contribution in [1.29, 1.82) is 0 Å². The lowest BCUT2D eigenvalue weighted by atomic mass is 10.2. The maximum absolute atomic E-state index is 8.88. The minimum atomic E-state index is 0.188. The number of nitrogens with two attached hydrogens (primary N) is 1. The first-order valence-corrected chi connectivity index (χ1v) is 8.87. The summed E-state index contributed by atoms with van der Waals surface area (Å²) in [6.07, 6.45) is 0. The zero-order valence-corrected chi connectivity index (χ0v) is 15.5. The van der Waals surface area contributed by atoms with E-state index in [1.54, 1.807) is 0 Å². The molecule has 0 bridgehead atoms. The molecule has 0 aliphatic heterocycles. The standard InChI is InChI=1S/C18H22INO3/c1-2-22-17-11-15(12-20-8-9-21)10-16(19)18(17)23-13-14-6-4-3-5-7-14/h3-7,10-11,20-21H,2,8-9,12-13H2,1H3/p+1. The summed E-state index contributed by atoms with van der Waals surface area (Å²) in [6, 6.07) is 14.2. The maximum Gasteiger partial charge on any atom is 0.174 e. The van der Waals surface area contributed by atoms with E-state index in [4.69, 9.17) is 14.6 Å². The molecule has 0 aromatic heterocycles. The van der Waals surface area contributed by atoms with Crippen molar-refractivity contribution in [2.45, 2.75) is 20.1 Å². The Labute approximate surface area is 151 Å². The highest BCUT2D eigenvalue weighted by Gasteiger charge is 2.13. The molecule has 2 aromatic carbocycles. The van der Waals surface area contributed by atoms with E-state index < -0.39 is 0 Å². The summed E-state index contributed by atoms with van der Waals surface area (Å²) in [4.78, 5) is 0. The lowest BCUT2D eigenvalue weighted by Gasteiger charge is -2.15. The molecule has 0 saturated carbocycles. The highest BCUT2D eigenvalue weighted by atomic mass is 127. The third-order valence-corrected chi connectivity index (χ3v) is 4.11. The van der Waals surface area contributed by atoms with Crippen molar-refractivity contribution >= 4 is 22.6 Å². The molecule has 2 rings (SSSR count). The number of aliphatic hydroxyl groups is 1. The maximum atomic E-state index is 8.88. The van der Waals surface area contributed by atoms with Gasteiger partial charge in [-0.2, -0.15) is 0 Å². The van der Waals surface area contributed by atoms with E-state index >= 15 is 0 Å². The second-order valence-electron chi connectivity index (χ2n) is 5.12. The average Bonchev–Trinajstić information content (AvgIpc) is 2.55. The smallest absolute Gasteiger partial charge is 0.174 e. The Bertz CT molecular complexity index is 605. The molecular weight excluding hydrogens is 405 g/mol. The number of benzene rings is 2. The molecule has 23 heavy (non-hydrogen) atoms. The van der Waals surface area contributed by atoms with Crippen molar-refractivity contribution in [3.8, 4) is 11.5 Å². The Kier molecular flexibility index (Phi) is 7.64. The molecule has 124 valence electrons. The van der Waals surface area contributed by atoms with Crippen LogP contribution in [-0.4, -0.2) is 24.9 Å². The van der Waals surface area contributed by atoms with Gasteiger partial charge in [0.15, 0.2) is 11.5 Å². The SMILES string of the molecule is CCOc1cc(C[NH2+]CCO)cc(I)c1OCc1ccccc1. The summed E-state index contributed by atoms with van der Waals surface area (Å²) in [5, 5.41) is 11.0. The van der Waals surface area contributed by atoms with Crippen LogP contribution in [0.25, 0.3) is 0 Å². The van der Waals surface area contributed by atoms with Gasteiger partial charge in [-0.1, -0.05) is 30.3 Å². The number of quaternary nitrogens is 1. The quantitative estimate of drug-likeness (QED) is 0.476. The highest BCUT2D eigenvalue weighted by molar-refractivity contribution is 14.1. The Morgan fingerprint density at radius 2 is 1.87 bits per heavy atom. The van der Waals surface area contributed by atoms with Gasteiger partial charge in [-0.15, -0.1) is 0 Å². The second-order valence-corrected chi connectivity index (χ2v) is 6.28. The van der Waals surface area contributed by atoms with Gasteiger partial charge in [0.05, 0.1) is 23.3 Å². The highest BCUT2D eigenvalue weighted by Crippen LogP contribution is 2.34. The molecule has 0 saturated heterocycles. The van der Waals surface area contributed by atoms with Crippen LogP contribution in [-0.2, 0) is 13.2 Å². The summed E-state index contributed by atoms with van der Waals surface area (Å²) in [7, 11) is 0. The van der Waals surface area contributed by atoms with Crippen LogP contribution in [0.3, 0.4) is 0 Å². The predicted molar refractivity (Wildman–Crippen MR) is 98.7 cm³/mol. The van der Waals surface area contributed by atoms with Crippen molar-refractivity contribution in [2.24, 2.45) is 0 Å². The van der Waals surface area contributed by atoms with Gasteiger partial charge >= 0.3 is 0 Å². The fourth-order valence-electron chi connectivity index (χ4n) is 2.23. The first kappa shape index (κ1) is 18.0. The molecule has 0 atom stereocenters. The van der Waals surface area contributed by atoms with Gasteiger partial charge in [-0.3, -0.25) is 0 Å². The number of rotatable bonds is 9. The summed E-state index contributed by atoms with van der Waals surface area (Å²) in [5.74, 6) is 1.57. The van der Waals surface area contributed by atoms with E-state index in [1.807, 2.05) is 43.3 Å².